The van der Waals surface area contributed by atoms with Crippen LogP contribution in [0.1, 0.15) is 24.4 Å². The van der Waals surface area contributed by atoms with Gasteiger partial charge in [-0.2, -0.15) is 4.31 Å². The van der Waals surface area contributed by atoms with Crippen molar-refractivity contribution in [2.75, 3.05) is 26.2 Å². The lowest BCUT2D eigenvalue weighted by Crippen LogP contribution is -2.53. The summed E-state index contributed by atoms with van der Waals surface area (Å²) in [4.78, 5) is 14.5. The summed E-state index contributed by atoms with van der Waals surface area (Å²) in [6.45, 7) is 1.04. The second-order valence-corrected chi connectivity index (χ2v) is 10.4. The summed E-state index contributed by atoms with van der Waals surface area (Å²) in [7, 11) is -3.78. The number of amides is 2. The number of urea groups is 1. The zero-order chi connectivity index (χ0) is 21.3. The van der Waals surface area contributed by atoms with Crippen molar-refractivity contribution >= 4 is 39.3 Å². The lowest BCUT2D eigenvalue weighted by Gasteiger charge is -2.35. The average Bonchev–Trinajstić information content (AvgIpc) is 3.59. The Morgan fingerprint density at radius 2 is 1.67 bits per heavy atom. The molecule has 2 aromatic carbocycles. The van der Waals surface area contributed by atoms with E-state index in [0.717, 1.165) is 18.4 Å². The molecule has 1 aliphatic heterocycles. The summed E-state index contributed by atoms with van der Waals surface area (Å²) in [5.74, 6) is 0.461. The summed E-state index contributed by atoms with van der Waals surface area (Å²) < 4.78 is 27.3. The molecular weight excluding hydrogens is 445 g/mol. The van der Waals surface area contributed by atoms with Gasteiger partial charge in [0.05, 0.1) is 11.1 Å². The van der Waals surface area contributed by atoms with Gasteiger partial charge in [0.15, 0.2) is 0 Å². The zero-order valence-electron chi connectivity index (χ0n) is 16.3. The van der Waals surface area contributed by atoms with Crippen molar-refractivity contribution in [2.24, 2.45) is 5.92 Å². The van der Waals surface area contributed by atoms with Crippen LogP contribution < -0.4 is 5.32 Å². The number of halogens is 2. The number of hydrogen-bond acceptors (Lipinski definition) is 3. The number of sulfonamides is 1. The molecule has 1 heterocycles. The predicted molar refractivity (Wildman–Crippen MR) is 117 cm³/mol. The fraction of sp³-hybridized carbons (Fsp3) is 0.381. The number of carbonyl (C=O) groups excluding carboxylic acids is 1. The molecule has 4 rings (SSSR count). The molecule has 1 saturated heterocycles. The van der Waals surface area contributed by atoms with Crippen molar-refractivity contribution in [2.45, 2.75) is 23.8 Å². The van der Waals surface area contributed by atoms with Crippen LogP contribution in [0.4, 0.5) is 4.79 Å². The van der Waals surface area contributed by atoms with Crippen LogP contribution >= 0.6 is 23.2 Å². The summed E-state index contributed by atoms with van der Waals surface area (Å²) >= 11 is 12.0. The Hall–Kier alpha value is -1.80. The zero-order valence-corrected chi connectivity index (χ0v) is 18.6. The fourth-order valence-corrected chi connectivity index (χ4v) is 5.89. The molecule has 160 valence electrons. The second-order valence-electron chi connectivity index (χ2n) is 7.64. The summed E-state index contributed by atoms with van der Waals surface area (Å²) in [5, 5.41) is 3.59. The first-order chi connectivity index (χ1) is 14.4. The SMILES string of the molecule is O=C(N[C@H](c1ccccc1)C1CC1)N1CCN(S(=O)(=O)c2cc(Cl)ccc2Cl)CC1. The van der Waals surface area contributed by atoms with Crippen molar-refractivity contribution < 1.29 is 13.2 Å². The Morgan fingerprint density at radius 1 is 1.00 bits per heavy atom. The molecule has 1 saturated carbocycles. The van der Waals surface area contributed by atoms with Gasteiger partial charge >= 0.3 is 6.03 Å². The molecule has 2 aromatic rings. The molecule has 1 aliphatic carbocycles. The van der Waals surface area contributed by atoms with Crippen molar-refractivity contribution in [1.29, 1.82) is 0 Å². The van der Waals surface area contributed by atoms with Crippen LogP contribution in [0.15, 0.2) is 53.4 Å². The molecule has 2 aliphatic rings. The van der Waals surface area contributed by atoms with Crippen LogP contribution in [0.2, 0.25) is 10.0 Å². The Bertz CT molecular complexity index is 1020. The monoisotopic (exact) mass is 467 g/mol. The maximum absolute atomic E-state index is 13.0. The Kier molecular flexibility index (Phi) is 6.25. The van der Waals surface area contributed by atoms with E-state index in [4.69, 9.17) is 23.2 Å². The van der Waals surface area contributed by atoms with Crippen LogP contribution in [0.5, 0.6) is 0 Å². The smallest absolute Gasteiger partial charge is 0.317 e. The number of hydrogen-bond donors (Lipinski definition) is 1. The molecule has 1 N–H and O–H groups in total. The quantitative estimate of drug-likeness (QED) is 0.717. The first kappa shape index (κ1) is 21.4. The van der Waals surface area contributed by atoms with Gasteiger partial charge in [-0.3, -0.25) is 0 Å². The van der Waals surface area contributed by atoms with E-state index >= 15 is 0 Å². The van der Waals surface area contributed by atoms with Gasteiger partial charge in [0, 0.05) is 31.2 Å². The van der Waals surface area contributed by atoms with Crippen molar-refractivity contribution in [3.05, 3.63) is 64.1 Å². The van der Waals surface area contributed by atoms with Gasteiger partial charge in [0.25, 0.3) is 0 Å². The van der Waals surface area contributed by atoms with Gasteiger partial charge in [-0.25, -0.2) is 13.2 Å². The third-order valence-electron chi connectivity index (χ3n) is 5.57. The van der Waals surface area contributed by atoms with Crippen LogP contribution in [0.3, 0.4) is 0 Å². The first-order valence-corrected chi connectivity index (χ1v) is 12.1. The maximum Gasteiger partial charge on any atom is 0.317 e. The third-order valence-corrected chi connectivity index (χ3v) is 8.18. The average molecular weight is 468 g/mol. The summed E-state index contributed by atoms with van der Waals surface area (Å²) in [6.07, 6.45) is 2.21. The topological polar surface area (TPSA) is 69.7 Å². The lowest BCUT2D eigenvalue weighted by atomic mass is 10.0. The van der Waals surface area contributed by atoms with Crippen molar-refractivity contribution in [3.8, 4) is 0 Å². The number of piperazine rings is 1. The van der Waals surface area contributed by atoms with Gasteiger partial charge < -0.3 is 10.2 Å². The van der Waals surface area contributed by atoms with E-state index in [0.29, 0.717) is 24.0 Å². The number of carbonyl (C=O) groups is 1. The molecule has 2 fully saturated rings. The largest absolute Gasteiger partial charge is 0.331 e. The van der Waals surface area contributed by atoms with Gasteiger partial charge in [0.1, 0.15) is 4.90 Å². The highest BCUT2D eigenvalue weighted by atomic mass is 35.5. The van der Waals surface area contributed by atoms with E-state index in [2.05, 4.69) is 5.32 Å². The number of nitrogens with one attached hydrogen (secondary N) is 1. The van der Waals surface area contributed by atoms with Gasteiger partial charge in [0.2, 0.25) is 10.0 Å². The molecule has 6 nitrogen and oxygen atoms in total. The molecule has 0 unspecified atom stereocenters. The second kappa shape index (κ2) is 8.75. The summed E-state index contributed by atoms with van der Waals surface area (Å²) in [6, 6.07) is 14.2. The van der Waals surface area contributed by atoms with Crippen LogP contribution in [0, 0.1) is 5.92 Å². The van der Waals surface area contributed by atoms with E-state index in [1.165, 1.54) is 16.4 Å². The van der Waals surface area contributed by atoms with Crippen LogP contribution in [-0.4, -0.2) is 49.8 Å². The normalized spacial score (nSPS) is 18.8. The molecular formula is C21H23Cl2N3O3S. The molecule has 9 heteroatoms. The van der Waals surface area contributed by atoms with Gasteiger partial charge in [-0.15, -0.1) is 0 Å². The molecule has 0 bridgehead atoms. The molecule has 0 aromatic heterocycles. The molecule has 30 heavy (non-hydrogen) atoms. The number of nitrogens with zero attached hydrogens (tertiary/aromatic N) is 2. The highest BCUT2D eigenvalue weighted by molar-refractivity contribution is 7.89. The van der Waals surface area contributed by atoms with E-state index in [-0.39, 0.29) is 35.1 Å². The van der Waals surface area contributed by atoms with Crippen molar-refractivity contribution in [3.63, 3.8) is 0 Å². The van der Waals surface area contributed by atoms with E-state index in [9.17, 15) is 13.2 Å². The Morgan fingerprint density at radius 3 is 2.30 bits per heavy atom. The van der Waals surface area contributed by atoms with E-state index in [1.807, 2.05) is 30.3 Å². The first-order valence-electron chi connectivity index (χ1n) is 9.92. The molecule has 0 radical (unpaired) electrons. The van der Waals surface area contributed by atoms with E-state index in [1.54, 1.807) is 11.0 Å². The summed E-state index contributed by atoms with van der Waals surface area (Å²) in [5.41, 5.74) is 1.10. The minimum Gasteiger partial charge on any atom is -0.331 e. The fourth-order valence-electron chi connectivity index (χ4n) is 3.73. The highest BCUT2D eigenvalue weighted by Gasteiger charge is 2.36. The lowest BCUT2D eigenvalue weighted by molar-refractivity contribution is 0.167. The molecule has 1 atom stereocenters. The van der Waals surface area contributed by atoms with Crippen LogP contribution in [-0.2, 0) is 10.0 Å². The molecule has 2 amide bonds. The third kappa shape index (κ3) is 4.59. The van der Waals surface area contributed by atoms with E-state index < -0.39 is 10.0 Å². The maximum atomic E-state index is 13.0. The highest BCUT2D eigenvalue weighted by Crippen LogP contribution is 2.41. The van der Waals surface area contributed by atoms with Crippen molar-refractivity contribution in [1.82, 2.24) is 14.5 Å². The van der Waals surface area contributed by atoms with Crippen LogP contribution in [0.25, 0.3) is 0 Å². The number of rotatable bonds is 5. The minimum absolute atomic E-state index is 0.00700. The van der Waals surface area contributed by atoms with Gasteiger partial charge in [-0.1, -0.05) is 53.5 Å². The minimum atomic E-state index is -3.78. The Balaban J connectivity index is 1.40. The number of benzene rings is 2. The predicted octanol–water partition coefficient (Wildman–Crippen LogP) is 4.16. The Labute approximate surface area is 186 Å². The standard InChI is InChI=1S/C21H23Cl2N3O3S/c22-17-8-9-18(23)19(14-17)30(28,29)26-12-10-25(11-13-26)21(27)24-20(16-6-7-16)15-4-2-1-3-5-15/h1-5,8-9,14,16,20H,6-7,10-13H2,(H,24,27)/t20-/m1/s1. The van der Waals surface area contributed by atoms with Gasteiger partial charge in [-0.05, 0) is 42.5 Å². The molecule has 0 spiro atoms.